The Morgan fingerprint density at radius 2 is 1.71 bits per heavy atom. The molecule has 0 aliphatic rings. The zero-order valence-electron chi connectivity index (χ0n) is 11.7. The monoisotopic (exact) mass is 273 g/mol. The lowest BCUT2D eigenvalue weighted by molar-refractivity contribution is 1.21. The Hall–Kier alpha value is -2.81. The minimum Gasteiger partial charge on any atom is -0.383 e. The Morgan fingerprint density at radius 3 is 2.57 bits per heavy atom. The van der Waals surface area contributed by atoms with Crippen LogP contribution in [0.1, 0.15) is 5.56 Å². The molecule has 2 heterocycles. The van der Waals surface area contributed by atoms with Crippen molar-refractivity contribution in [3.8, 4) is 11.3 Å². The molecular weight excluding hydrogens is 258 g/mol. The lowest BCUT2D eigenvalue weighted by atomic mass is 10.1. The van der Waals surface area contributed by atoms with Crippen LogP contribution in [0.4, 0.5) is 5.82 Å². The number of pyridine rings is 1. The quantitative estimate of drug-likeness (QED) is 0.568. The number of benzene rings is 2. The molecule has 0 bridgehead atoms. The molecule has 4 rings (SSSR count). The van der Waals surface area contributed by atoms with E-state index in [0.29, 0.717) is 5.82 Å². The van der Waals surface area contributed by atoms with Gasteiger partial charge in [0.1, 0.15) is 17.2 Å². The van der Waals surface area contributed by atoms with E-state index in [1.54, 1.807) is 0 Å². The summed E-state index contributed by atoms with van der Waals surface area (Å²) in [5.41, 5.74) is 10.4. The summed E-state index contributed by atoms with van der Waals surface area (Å²) in [5, 5.41) is 2.29. The van der Waals surface area contributed by atoms with Gasteiger partial charge in [-0.1, -0.05) is 48.5 Å². The summed E-state index contributed by atoms with van der Waals surface area (Å²) in [6.45, 7) is 2.08. The SMILES string of the molecule is Cc1ccccc1-c1nc2c3ccccc3ccn2c1N. The molecule has 0 spiro atoms. The summed E-state index contributed by atoms with van der Waals surface area (Å²) in [6.07, 6.45) is 1.99. The highest BCUT2D eigenvalue weighted by Crippen LogP contribution is 2.31. The van der Waals surface area contributed by atoms with Gasteiger partial charge in [-0.25, -0.2) is 4.98 Å². The van der Waals surface area contributed by atoms with Crippen LogP contribution in [0.15, 0.2) is 60.8 Å². The maximum atomic E-state index is 6.33. The number of nitrogen functional groups attached to an aromatic ring is 1. The molecule has 0 unspecified atom stereocenters. The first kappa shape index (κ1) is 12.0. The third-order valence-corrected chi connectivity index (χ3v) is 3.95. The molecule has 0 atom stereocenters. The second-order valence-electron chi connectivity index (χ2n) is 5.26. The van der Waals surface area contributed by atoms with Gasteiger partial charge in [-0.2, -0.15) is 0 Å². The largest absolute Gasteiger partial charge is 0.383 e. The molecule has 2 aromatic heterocycles. The van der Waals surface area contributed by atoms with Crippen LogP contribution in [-0.2, 0) is 0 Å². The van der Waals surface area contributed by atoms with Crippen molar-refractivity contribution in [2.45, 2.75) is 6.92 Å². The van der Waals surface area contributed by atoms with E-state index in [-0.39, 0.29) is 0 Å². The molecule has 4 aromatic rings. The number of aromatic nitrogens is 2. The molecular formula is C18H15N3. The van der Waals surface area contributed by atoms with Crippen LogP contribution in [-0.4, -0.2) is 9.38 Å². The summed E-state index contributed by atoms with van der Waals surface area (Å²) in [6, 6.07) is 18.5. The van der Waals surface area contributed by atoms with E-state index in [1.807, 2.05) is 34.9 Å². The zero-order valence-corrected chi connectivity index (χ0v) is 11.7. The lowest BCUT2D eigenvalue weighted by Gasteiger charge is -2.03. The average molecular weight is 273 g/mol. The standard InChI is InChI=1S/C18H15N3/c1-12-6-2-4-8-14(12)16-17(19)21-11-10-13-7-3-5-9-15(13)18(21)20-16/h2-11H,19H2,1H3. The fraction of sp³-hybridized carbons (Fsp3) is 0.0556. The molecule has 2 N–H and O–H groups in total. The highest BCUT2D eigenvalue weighted by Gasteiger charge is 2.14. The summed E-state index contributed by atoms with van der Waals surface area (Å²) < 4.78 is 1.96. The second kappa shape index (κ2) is 4.35. The number of fused-ring (bicyclic) bond motifs is 3. The van der Waals surface area contributed by atoms with E-state index >= 15 is 0 Å². The van der Waals surface area contributed by atoms with Crippen molar-refractivity contribution in [1.82, 2.24) is 9.38 Å². The van der Waals surface area contributed by atoms with Gasteiger partial charge >= 0.3 is 0 Å². The molecule has 102 valence electrons. The van der Waals surface area contributed by atoms with Crippen LogP contribution in [0.3, 0.4) is 0 Å². The average Bonchev–Trinajstić information content (AvgIpc) is 2.85. The molecule has 0 amide bonds. The third-order valence-electron chi connectivity index (χ3n) is 3.95. The molecule has 0 aliphatic heterocycles. The fourth-order valence-corrected chi connectivity index (χ4v) is 2.82. The number of nitrogens with two attached hydrogens (primary N) is 1. The normalized spacial score (nSPS) is 11.3. The molecule has 3 nitrogen and oxygen atoms in total. The van der Waals surface area contributed by atoms with Crippen molar-refractivity contribution in [3.05, 3.63) is 66.4 Å². The summed E-state index contributed by atoms with van der Waals surface area (Å²) in [7, 11) is 0. The van der Waals surface area contributed by atoms with Crippen LogP contribution < -0.4 is 5.73 Å². The number of imidazole rings is 1. The van der Waals surface area contributed by atoms with Crippen LogP contribution in [0.2, 0.25) is 0 Å². The van der Waals surface area contributed by atoms with E-state index in [4.69, 9.17) is 10.7 Å². The topological polar surface area (TPSA) is 43.3 Å². The maximum absolute atomic E-state index is 6.33. The number of hydrogen-bond acceptors (Lipinski definition) is 2. The van der Waals surface area contributed by atoms with E-state index in [1.165, 1.54) is 10.9 Å². The highest BCUT2D eigenvalue weighted by molar-refractivity contribution is 5.96. The van der Waals surface area contributed by atoms with Crippen molar-refractivity contribution in [2.24, 2.45) is 0 Å². The predicted octanol–water partition coefficient (Wildman–Crippen LogP) is 4.05. The highest BCUT2D eigenvalue weighted by atomic mass is 15.1. The second-order valence-corrected chi connectivity index (χ2v) is 5.26. The van der Waals surface area contributed by atoms with E-state index in [0.717, 1.165) is 22.3 Å². The summed E-state index contributed by atoms with van der Waals surface area (Å²) in [4.78, 5) is 4.81. The minimum atomic E-state index is 0.685. The molecule has 0 aliphatic carbocycles. The van der Waals surface area contributed by atoms with Gasteiger partial charge in [0.05, 0.1) is 0 Å². The van der Waals surface area contributed by atoms with Crippen LogP contribution >= 0.6 is 0 Å². The lowest BCUT2D eigenvalue weighted by Crippen LogP contribution is -1.94. The van der Waals surface area contributed by atoms with Crippen molar-refractivity contribution >= 4 is 22.2 Å². The Morgan fingerprint density at radius 1 is 0.952 bits per heavy atom. The predicted molar refractivity (Wildman–Crippen MR) is 87.3 cm³/mol. The number of nitrogens with zero attached hydrogens (tertiary/aromatic N) is 2. The first-order valence-corrected chi connectivity index (χ1v) is 6.97. The Kier molecular flexibility index (Phi) is 2.48. The summed E-state index contributed by atoms with van der Waals surface area (Å²) >= 11 is 0. The molecule has 0 fully saturated rings. The number of hydrogen-bond donors (Lipinski definition) is 1. The minimum absolute atomic E-state index is 0.685. The Labute approximate surface area is 122 Å². The molecule has 0 saturated heterocycles. The van der Waals surface area contributed by atoms with Gasteiger partial charge in [0.15, 0.2) is 0 Å². The van der Waals surface area contributed by atoms with E-state index in [9.17, 15) is 0 Å². The summed E-state index contributed by atoms with van der Waals surface area (Å²) in [5.74, 6) is 0.685. The van der Waals surface area contributed by atoms with Gasteiger partial charge in [0.25, 0.3) is 0 Å². The van der Waals surface area contributed by atoms with Crippen LogP contribution in [0.5, 0.6) is 0 Å². The Balaban J connectivity index is 2.11. The van der Waals surface area contributed by atoms with Crippen molar-refractivity contribution in [1.29, 1.82) is 0 Å². The third kappa shape index (κ3) is 1.71. The van der Waals surface area contributed by atoms with E-state index < -0.39 is 0 Å². The van der Waals surface area contributed by atoms with Gasteiger partial charge in [0.2, 0.25) is 0 Å². The fourth-order valence-electron chi connectivity index (χ4n) is 2.82. The van der Waals surface area contributed by atoms with Gasteiger partial charge in [-0.15, -0.1) is 0 Å². The van der Waals surface area contributed by atoms with E-state index in [2.05, 4.69) is 37.3 Å². The maximum Gasteiger partial charge on any atom is 0.147 e. The Bertz CT molecular complexity index is 967. The molecule has 0 radical (unpaired) electrons. The molecule has 3 heteroatoms. The first-order chi connectivity index (χ1) is 10.3. The first-order valence-electron chi connectivity index (χ1n) is 6.97. The van der Waals surface area contributed by atoms with Crippen LogP contribution in [0, 0.1) is 6.92 Å². The van der Waals surface area contributed by atoms with Crippen molar-refractivity contribution < 1.29 is 0 Å². The van der Waals surface area contributed by atoms with Crippen molar-refractivity contribution in [2.75, 3.05) is 5.73 Å². The van der Waals surface area contributed by atoms with Gasteiger partial charge in [0, 0.05) is 17.1 Å². The smallest absolute Gasteiger partial charge is 0.147 e. The number of rotatable bonds is 1. The number of anilines is 1. The molecule has 2 aromatic carbocycles. The van der Waals surface area contributed by atoms with Crippen LogP contribution in [0.25, 0.3) is 27.7 Å². The van der Waals surface area contributed by atoms with Gasteiger partial charge in [-0.05, 0) is 23.9 Å². The van der Waals surface area contributed by atoms with Crippen molar-refractivity contribution in [3.63, 3.8) is 0 Å². The zero-order chi connectivity index (χ0) is 14.4. The number of aryl methyl sites for hydroxylation is 1. The molecule has 0 saturated carbocycles. The molecule has 21 heavy (non-hydrogen) atoms. The van der Waals surface area contributed by atoms with Gasteiger partial charge in [-0.3, -0.25) is 4.40 Å². The van der Waals surface area contributed by atoms with Gasteiger partial charge < -0.3 is 5.73 Å².